The van der Waals surface area contributed by atoms with Crippen molar-refractivity contribution in [2.24, 2.45) is 30.0 Å². The van der Waals surface area contributed by atoms with Gasteiger partial charge in [0.2, 0.25) is 0 Å². The van der Waals surface area contributed by atoms with Crippen LogP contribution in [0, 0.1) is 0 Å². The number of halogens is 1. The zero-order chi connectivity index (χ0) is 27.5. The molecule has 10 rings (SSSR count). The van der Waals surface area contributed by atoms with E-state index < -0.39 is 13.7 Å². The Labute approximate surface area is 252 Å². The van der Waals surface area contributed by atoms with Crippen molar-refractivity contribution in [1.82, 2.24) is 7.10 Å². The number of fused-ring (bicyclic) bond motifs is 14. The lowest BCUT2D eigenvalue weighted by molar-refractivity contribution is 0.824. The van der Waals surface area contributed by atoms with Gasteiger partial charge in [-0.1, -0.05) is 97.1 Å². The maximum absolute atomic E-state index is 7.75. The summed E-state index contributed by atoms with van der Waals surface area (Å²) in [4.78, 5) is 30.9. The molecule has 6 heterocycles. The summed E-state index contributed by atoms with van der Waals surface area (Å²) in [5.74, 6) is 3.88. The van der Waals surface area contributed by atoms with Crippen molar-refractivity contribution in [2.45, 2.75) is 0 Å². The lowest BCUT2D eigenvalue weighted by Crippen LogP contribution is -2.43. The molecule has 0 saturated heterocycles. The van der Waals surface area contributed by atoms with Crippen LogP contribution in [0.3, 0.4) is 0 Å². The number of aromatic nitrogens is 2. The predicted octanol–water partition coefficient (Wildman–Crippen LogP) is 4.33. The molecule has 11 heteroatoms. The SMILES string of the molecule is O.[Cl][Al]1[n]2c3c4ccccc4c2N=C2N=C(N=c4c5ccccc5c([n]41)=NC1=NC(=N3)c3ccccc31)c1ccccc12. The summed E-state index contributed by atoms with van der Waals surface area (Å²) in [7, 11) is 7.75. The van der Waals surface area contributed by atoms with E-state index in [2.05, 4.69) is 31.4 Å². The smallest absolute Gasteiger partial charge is 0.412 e. The van der Waals surface area contributed by atoms with Gasteiger partial charge in [-0.25, -0.2) is 30.0 Å². The van der Waals surface area contributed by atoms with Gasteiger partial charge in [-0.3, -0.25) is 0 Å². The molecule has 0 aliphatic carbocycles. The first kappa shape index (κ1) is 24.6. The van der Waals surface area contributed by atoms with E-state index in [1.807, 2.05) is 72.8 Å². The van der Waals surface area contributed by atoms with Gasteiger partial charge in [0.15, 0.2) is 23.3 Å². The van der Waals surface area contributed by atoms with Crippen LogP contribution < -0.4 is 11.0 Å². The minimum atomic E-state index is -2.71. The van der Waals surface area contributed by atoms with Gasteiger partial charge < -0.3 is 12.6 Å². The van der Waals surface area contributed by atoms with Crippen molar-refractivity contribution in [3.8, 4) is 0 Å². The molecule has 4 aliphatic heterocycles. The van der Waals surface area contributed by atoms with E-state index in [4.69, 9.17) is 40.0 Å². The summed E-state index contributed by atoms with van der Waals surface area (Å²) in [5.41, 5.74) is 5.19. The van der Waals surface area contributed by atoms with Crippen LogP contribution in [0.1, 0.15) is 22.3 Å². The first-order valence-corrected chi connectivity index (χ1v) is 16.4. The summed E-state index contributed by atoms with van der Waals surface area (Å²) < 4.78 is 4.21. The standard InChI is InChI=1S/C32H16N8.Al.ClH.H2O/c1-2-10-18-17(9-1)25-33-26(18)38-28-21-13-5-6-14-22(21)30(35-28)40-32-24-16-8-7-15-23(24)31(36-32)39-29-20-12-4-3-11-19(20)27(34-29)37-25;;;/h1-16H;;1H;1H2/q-2;+3;;/p-1. The maximum Gasteiger partial charge on any atom is 0.722 e. The van der Waals surface area contributed by atoms with Crippen molar-refractivity contribution in [1.29, 1.82) is 0 Å². The molecule has 0 unspecified atom stereocenters. The molecule has 4 aromatic carbocycles. The highest BCUT2D eigenvalue weighted by Crippen LogP contribution is 2.41. The van der Waals surface area contributed by atoms with E-state index in [-0.39, 0.29) is 5.48 Å². The second kappa shape index (κ2) is 8.77. The molecule has 0 radical (unpaired) electrons. The van der Waals surface area contributed by atoms with Crippen molar-refractivity contribution < 1.29 is 5.48 Å². The quantitative estimate of drug-likeness (QED) is 0.234. The molecule has 43 heavy (non-hydrogen) atoms. The summed E-state index contributed by atoms with van der Waals surface area (Å²) in [6.45, 7) is 0. The Hall–Kier alpha value is -4.98. The van der Waals surface area contributed by atoms with E-state index >= 15 is 0 Å². The average molecular weight is 593 g/mol. The van der Waals surface area contributed by atoms with Crippen LogP contribution in [0.25, 0.3) is 21.5 Å². The van der Waals surface area contributed by atoms with E-state index in [1.165, 1.54) is 0 Å². The topological polar surface area (TPSA) is 116 Å². The fraction of sp³-hybridized carbons (Fsp3) is 0. The highest BCUT2D eigenvalue weighted by atomic mass is 35.6. The fourth-order valence-electron chi connectivity index (χ4n) is 6.37. The minimum Gasteiger partial charge on any atom is -0.412 e. The van der Waals surface area contributed by atoms with Gasteiger partial charge in [0, 0.05) is 43.8 Å². The highest BCUT2D eigenvalue weighted by Gasteiger charge is 2.38. The monoisotopic (exact) mass is 592 g/mol. The Morgan fingerprint density at radius 3 is 1.19 bits per heavy atom. The van der Waals surface area contributed by atoms with Crippen LogP contribution in [0.15, 0.2) is 127 Å². The number of amidine groups is 4. The summed E-state index contributed by atoms with van der Waals surface area (Å²) >= 11 is -2.71. The third-order valence-electron chi connectivity index (χ3n) is 8.25. The Balaban J connectivity index is 0.00000260. The van der Waals surface area contributed by atoms with Gasteiger partial charge in [0.05, 0.1) is 0 Å². The Bertz CT molecular complexity index is 2340. The second-order valence-electron chi connectivity index (χ2n) is 10.5. The minimum absolute atomic E-state index is 0. The molecule has 9 nitrogen and oxygen atoms in total. The third-order valence-corrected chi connectivity index (χ3v) is 11.2. The van der Waals surface area contributed by atoms with Crippen LogP contribution >= 0.6 is 10.0 Å². The Morgan fingerprint density at radius 2 is 0.767 bits per heavy atom. The molecular formula is C32H18AlClN8O. The van der Waals surface area contributed by atoms with Crippen LogP contribution in [-0.4, -0.2) is 49.6 Å². The van der Waals surface area contributed by atoms with Crippen molar-refractivity contribution in [3.05, 3.63) is 130 Å². The van der Waals surface area contributed by atoms with Crippen LogP contribution in [0.5, 0.6) is 0 Å². The lowest BCUT2D eigenvalue weighted by atomic mass is 10.1. The van der Waals surface area contributed by atoms with E-state index in [9.17, 15) is 0 Å². The number of hydrogen-bond donors (Lipinski definition) is 0. The number of rotatable bonds is 0. The van der Waals surface area contributed by atoms with Crippen LogP contribution in [0.4, 0.5) is 11.6 Å². The lowest BCUT2D eigenvalue weighted by Gasteiger charge is -2.15. The second-order valence-corrected chi connectivity index (χ2v) is 13.3. The fourth-order valence-corrected chi connectivity index (χ4v) is 9.31. The largest absolute Gasteiger partial charge is 0.722 e. The molecule has 2 aromatic heterocycles. The van der Waals surface area contributed by atoms with Crippen molar-refractivity contribution in [3.63, 3.8) is 0 Å². The van der Waals surface area contributed by atoms with E-state index in [0.29, 0.717) is 23.3 Å². The molecular weight excluding hydrogens is 575 g/mol. The molecule has 0 spiro atoms. The van der Waals surface area contributed by atoms with Gasteiger partial charge >= 0.3 is 13.7 Å². The van der Waals surface area contributed by atoms with E-state index in [0.717, 1.165) is 66.4 Å². The molecule has 2 N–H and O–H groups in total. The summed E-state index contributed by atoms with van der Waals surface area (Å²) in [5, 5.41) is 3.81. The number of nitrogens with zero attached hydrogens (tertiary/aromatic N) is 8. The van der Waals surface area contributed by atoms with Crippen LogP contribution in [0.2, 0.25) is 0 Å². The Kier molecular flexibility index (Phi) is 5.02. The third kappa shape index (κ3) is 3.21. The predicted molar refractivity (Wildman–Crippen MR) is 171 cm³/mol. The van der Waals surface area contributed by atoms with Gasteiger partial charge in [0.1, 0.15) is 22.6 Å². The molecule has 0 amide bonds. The van der Waals surface area contributed by atoms with Crippen LogP contribution in [-0.2, 0) is 0 Å². The molecule has 0 fully saturated rings. The molecule has 0 saturated carbocycles. The molecule has 202 valence electrons. The molecule has 4 aliphatic rings. The van der Waals surface area contributed by atoms with Gasteiger partial charge in [-0.05, 0) is 0 Å². The molecule has 6 bridgehead atoms. The zero-order valence-corrected chi connectivity index (χ0v) is 24.2. The van der Waals surface area contributed by atoms with Gasteiger partial charge in [-0.2, -0.15) is 10.0 Å². The maximum atomic E-state index is 7.75. The van der Waals surface area contributed by atoms with Crippen molar-refractivity contribution >= 4 is 80.2 Å². The van der Waals surface area contributed by atoms with Gasteiger partial charge in [-0.15, -0.1) is 0 Å². The number of benzene rings is 4. The zero-order valence-electron chi connectivity index (χ0n) is 22.3. The molecule has 0 atom stereocenters. The van der Waals surface area contributed by atoms with E-state index in [1.54, 1.807) is 0 Å². The Morgan fingerprint density at radius 1 is 0.419 bits per heavy atom. The highest BCUT2D eigenvalue weighted by molar-refractivity contribution is 7.05. The summed E-state index contributed by atoms with van der Waals surface area (Å²) in [6, 6.07) is 32.6. The first-order valence-electron chi connectivity index (χ1n) is 13.6. The van der Waals surface area contributed by atoms with Gasteiger partial charge in [0.25, 0.3) is 0 Å². The normalized spacial score (nSPS) is 15.3. The first-order chi connectivity index (χ1) is 20.7. The van der Waals surface area contributed by atoms with Crippen molar-refractivity contribution in [2.75, 3.05) is 0 Å². The summed E-state index contributed by atoms with van der Waals surface area (Å²) in [6.07, 6.45) is 0. The number of aliphatic imine (C=N–C) groups is 4. The molecule has 6 aromatic rings. The number of hydrogen-bond acceptors (Lipinski definition) is 6. The average Bonchev–Trinajstić information content (AvgIpc) is 3.74.